The van der Waals surface area contributed by atoms with Gasteiger partial charge < -0.3 is 15.8 Å². The third-order valence-corrected chi connectivity index (χ3v) is 2.76. The van der Waals surface area contributed by atoms with Gasteiger partial charge in [0.1, 0.15) is 11.6 Å². The van der Waals surface area contributed by atoms with E-state index in [0.717, 1.165) is 6.07 Å². The maximum absolute atomic E-state index is 13.2. The number of carbonyl (C=O) groups excluding carboxylic acids is 1. The molecule has 2 aromatic carbocycles. The van der Waals surface area contributed by atoms with Gasteiger partial charge in [0.05, 0.1) is 5.02 Å². The number of benzene rings is 2. The molecular formula is C14H12ClFN2O2. The summed E-state index contributed by atoms with van der Waals surface area (Å²) in [6.45, 7) is -0.186. The van der Waals surface area contributed by atoms with Crippen LogP contribution in [0.5, 0.6) is 5.75 Å². The maximum Gasteiger partial charge on any atom is 0.262 e. The van der Waals surface area contributed by atoms with E-state index < -0.39 is 11.7 Å². The number of amides is 1. The Morgan fingerprint density at radius 2 is 1.95 bits per heavy atom. The second kappa shape index (κ2) is 6.25. The van der Waals surface area contributed by atoms with Gasteiger partial charge in [0.15, 0.2) is 6.61 Å². The molecule has 0 aliphatic carbocycles. The van der Waals surface area contributed by atoms with Crippen LogP contribution in [0.4, 0.5) is 15.8 Å². The Hall–Kier alpha value is -2.27. The van der Waals surface area contributed by atoms with Crippen molar-refractivity contribution in [3.05, 3.63) is 53.3 Å². The number of rotatable bonds is 4. The molecule has 0 aromatic heterocycles. The van der Waals surface area contributed by atoms with Crippen LogP contribution in [-0.4, -0.2) is 12.5 Å². The third-order valence-electron chi connectivity index (χ3n) is 2.45. The lowest BCUT2D eigenvalue weighted by Gasteiger charge is -2.08. The summed E-state index contributed by atoms with van der Waals surface area (Å²) >= 11 is 5.55. The van der Waals surface area contributed by atoms with Crippen LogP contribution < -0.4 is 15.8 Å². The van der Waals surface area contributed by atoms with Crippen molar-refractivity contribution in [1.82, 2.24) is 0 Å². The first-order valence-electron chi connectivity index (χ1n) is 5.78. The first-order valence-corrected chi connectivity index (χ1v) is 6.15. The number of hydrogen-bond donors (Lipinski definition) is 2. The molecule has 0 aliphatic rings. The number of halogens is 2. The Balaban J connectivity index is 1.89. The fourth-order valence-electron chi connectivity index (χ4n) is 1.48. The summed E-state index contributed by atoms with van der Waals surface area (Å²) in [7, 11) is 0. The number of anilines is 2. The predicted octanol–water partition coefficient (Wildman–Crippen LogP) is 3.08. The standard InChI is InChI=1S/C14H12ClFN2O2/c15-12-6-3-10(7-13(12)16)18-14(19)8-20-11-4-1-9(17)2-5-11/h1-7H,8,17H2,(H,18,19). The SMILES string of the molecule is Nc1ccc(OCC(=O)Nc2ccc(Cl)c(F)c2)cc1. The molecule has 0 saturated heterocycles. The first kappa shape index (κ1) is 14.1. The normalized spacial score (nSPS) is 10.1. The van der Waals surface area contributed by atoms with E-state index >= 15 is 0 Å². The lowest BCUT2D eigenvalue weighted by molar-refractivity contribution is -0.118. The van der Waals surface area contributed by atoms with Crippen molar-refractivity contribution in [2.24, 2.45) is 0 Å². The van der Waals surface area contributed by atoms with Crippen LogP contribution in [0.3, 0.4) is 0 Å². The van der Waals surface area contributed by atoms with Gasteiger partial charge in [0.2, 0.25) is 0 Å². The van der Waals surface area contributed by atoms with Gasteiger partial charge in [-0.25, -0.2) is 4.39 Å². The van der Waals surface area contributed by atoms with Crippen LogP contribution in [-0.2, 0) is 4.79 Å². The number of nitrogens with one attached hydrogen (secondary N) is 1. The van der Waals surface area contributed by atoms with Gasteiger partial charge in [0.25, 0.3) is 5.91 Å². The molecular weight excluding hydrogens is 283 g/mol. The van der Waals surface area contributed by atoms with E-state index in [0.29, 0.717) is 17.1 Å². The molecule has 0 spiro atoms. The van der Waals surface area contributed by atoms with Crippen molar-refractivity contribution in [3.8, 4) is 5.75 Å². The zero-order chi connectivity index (χ0) is 14.5. The molecule has 20 heavy (non-hydrogen) atoms. The predicted molar refractivity (Wildman–Crippen MR) is 76.4 cm³/mol. The Kier molecular flexibility index (Phi) is 4.42. The lowest BCUT2D eigenvalue weighted by atomic mass is 10.3. The maximum atomic E-state index is 13.2. The van der Waals surface area contributed by atoms with Crippen LogP contribution in [0, 0.1) is 5.82 Å². The van der Waals surface area contributed by atoms with E-state index in [-0.39, 0.29) is 11.6 Å². The number of nitrogens with two attached hydrogens (primary N) is 1. The minimum Gasteiger partial charge on any atom is -0.484 e. The van der Waals surface area contributed by atoms with Crippen molar-refractivity contribution in [2.75, 3.05) is 17.7 Å². The van der Waals surface area contributed by atoms with Gasteiger partial charge in [-0.15, -0.1) is 0 Å². The molecule has 1 amide bonds. The second-order valence-electron chi connectivity index (χ2n) is 4.03. The largest absolute Gasteiger partial charge is 0.484 e. The first-order chi connectivity index (χ1) is 9.54. The van der Waals surface area contributed by atoms with Crippen molar-refractivity contribution >= 4 is 28.9 Å². The third kappa shape index (κ3) is 3.86. The fraction of sp³-hybridized carbons (Fsp3) is 0.0714. The molecule has 3 N–H and O–H groups in total. The summed E-state index contributed by atoms with van der Waals surface area (Å²) in [4.78, 5) is 11.6. The molecule has 0 heterocycles. The van der Waals surface area contributed by atoms with Crippen molar-refractivity contribution in [3.63, 3.8) is 0 Å². The molecule has 6 heteroatoms. The van der Waals surface area contributed by atoms with Crippen LogP contribution in [0.25, 0.3) is 0 Å². The topological polar surface area (TPSA) is 64.3 Å². The molecule has 0 saturated carbocycles. The number of carbonyl (C=O) groups is 1. The Morgan fingerprint density at radius 3 is 2.60 bits per heavy atom. The van der Waals surface area contributed by atoms with Crippen molar-refractivity contribution < 1.29 is 13.9 Å². The summed E-state index contributed by atoms with van der Waals surface area (Å²) in [5.41, 5.74) is 6.46. The second-order valence-corrected chi connectivity index (χ2v) is 4.44. The van der Waals surface area contributed by atoms with Gasteiger partial charge in [-0.1, -0.05) is 11.6 Å². The van der Waals surface area contributed by atoms with Gasteiger partial charge in [-0.2, -0.15) is 0 Å². The summed E-state index contributed by atoms with van der Waals surface area (Å²) in [6.07, 6.45) is 0. The number of ether oxygens (including phenoxy) is 1. The minimum absolute atomic E-state index is 0.00104. The van der Waals surface area contributed by atoms with Crippen LogP contribution in [0.2, 0.25) is 5.02 Å². The Morgan fingerprint density at radius 1 is 1.25 bits per heavy atom. The van der Waals surface area contributed by atoms with Gasteiger partial charge in [-0.05, 0) is 42.5 Å². The Bertz CT molecular complexity index is 617. The van der Waals surface area contributed by atoms with E-state index in [4.69, 9.17) is 22.1 Å². The summed E-state index contributed by atoms with van der Waals surface area (Å²) in [6, 6.07) is 10.7. The van der Waals surface area contributed by atoms with Crippen molar-refractivity contribution in [2.45, 2.75) is 0 Å². The average molecular weight is 295 g/mol. The highest BCUT2D eigenvalue weighted by Crippen LogP contribution is 2.18. The van der Waals surface area contributed by atoms with Crippen molar-refractivity contribution in [1.29, 1.82) is 0 Å². The van der Waals surface area contributed by atoms with Gasteiger partial charge in [-0.3, -0.25) is 4.79 Å². The zero-order valence-electron chi connectivity index (χ0n) is 10.4. The highest BCUT2D eigenvalue weighted by Gasteiger charge is 2.06. The molecule has 0 fully saturated rings. The number of nitrogen functional groups attached to an aromatic ring is 1. The molecule has 2 aromatic rings. The smallest absolute Gasteiger partial charge is 0.262 e. The highest BCUT2D eigenvalue weighted by atomic mass is 35.5. The van der Waals surface area contributed by atoms with E-state index in [1.54, 1.807) is 24.3 Å². The van der Waals surface area contributed by atoms with Crippen LogP contribution in [0.1, 0.15) is 0 Å². The molecule has 4 nitrogen and oxygen atoms in total. The summed E-state index contributed by atoms with van der Waals surface area (Å²) in [5.74, 6) is -0.468. The quantitative estimate of drug-likeness (QED) is 0.852. The van der Waals surface area contributed by atoms with E-state index in [9.17, 15) is 9.18 Å². The average Bonchev–Trinajstić information content (AvgIpc) is 2.42. The molecule has 0 aliphatic heterocycles. The summed E-state index contributed by atoms with van der Waals surface area (Å²) < 4.78 is 18.5. The van der Waals surface area contributed by atoms with E-state index in [1.165, 1.54) is 12.1 Å². The monoisotopic (exact) mass is 294 g/mol. The zero-order valence-corrected chi connectivity index (χ0v) is 11.2. The molecule has 0 radical (unpaired) electrons. The van der Waals surface area contributed by atoms with Gasteiger partial charge >= 0.3 is 0 Å². The van der Waals surface area contributed by atoms with Gasteiger partial charge in [0, 0.05) is 11.4 Å². The van der Waals surface area contributed by atoms with E-state index in [2.05, 4.69) is 5.32 Å². The highest BCUT2D eigenvalue weighted by molar-refractivity contribution is 6.30. The molecule has 104 valence electrons. The van der Waals surface area contributed by atoms with Crippen LogP contribution in [0.15, 0.2) is 42.5 Å². The number of hydrogen-bond acceptors (Lipinski definition) is 3. The van der Waals surface area contributed by atoms with Crippen LogP contribution >= 0.6 is 11.6 Å². The minimum atomic E-state index is -0.594. The molecule has 0 bridgehead atoms. The molecule has 2 rings (SSSR count). The summed E-state index contributed by atoms with van der Waals surface area (Å²) in [5, 5.41) is 2.51. The fourth-order valence-corrected chi connectivity index (χ4v) is 1.60. The molecule has 0 atom stereocenters. The Labute approximate surface area is 120 Å². The molecule has 0 unspecified atom stereocenters. The lowest BCUT2D eigenvalue weighted by Crippen LogP contribution is -2.20. The van der Waals surface area contributed by atoms with E-state index in [1.807, 2.05) is 0 Å².